The molecule has 0 aliphatic carbocycles. The van der Waals surface area contributed by atoms with Crippen LogP contribution >= 0.6 is 0 Å². The van der Waals surface area contributed by atoms with Gasteiger partial charge in [0, 0.05) is 32.4 Å². The number of rotatable bonds is 3. The molecule has 0 aromatic rings. The van der Waals surface area contributed by atoms with Crippen LogP contribution < -0.4 is 5.73 Å². The van der Waals surface area contributed by atoms with E-state index in [0.717, 1.165) is 52.0 Å². The van der Waals surface area contributed by atoms with Gasteiger partial charge >= 0.3 is 0 Å². The molecule has 0 amide bonds. The van der Waals surface area contributed by atoms with E-state index in [4.69, 9.17) is 15.2 Å². The minimum atomic E-state index is 0.0745. The first-order chi connectivity index (χ1) is 8.11. The normalized spacial score (nSPS) is 30.7. The number of ether oxygens (including phenoxy) is 2. The van der Waals surface area contributed by atoms with E-state index in [0.29, 0.717) is 5.92 Å². The third kappa shape index (κ3) is 3.41. The minimum absolute atomic E-state index is 0.0745. The third-order valence-corrected chi connectivity index (χ3v) is 4.12. The average Bonchev–Trinajstić information content (AvgIpc) is 2.29. The first kappa shape index (κ1) is 13.3. The van der Waals surface area contributed by atoms with Gasteiger partial charge in [-0.15, -0.1) is 0 Å². The first-order valence-corrected chi connectivity index (χ1v) is 6.73. The van der Waals surface area contributed by atoms with Gasteiger partial charge in [-0.3, -0.25) is 0 Å². The zero-order valence-electron chi connectivity index (χ0n) is 11.2. The molecule has 17 heavy (non-hydrogen) atoms. The molecular formula is C13H26N2O2. The number of nitrogens with zero attached hydrogens (tertiary/aromatic N) is 1. The zero-order valence-corrected chi connectivity index (χ0v) is 11.2. The Kier molecular flexibility index (Phi) is 4.42. The van der Waals surface area contributed by atoms with E-state index in [1.54, 1.807) is 0 Å². The molecule has 2 aliphatic rings. The molecule has 0 aromatic heterocycles. The molecule has 4 heteroatoms. The number of hydrogen-bond acceptors (Lipinski definition) is 4. The van der Waals surface area contributed by atoms with E-state index < -0.39 is 0 Å². The summed E-state index contributed by atoms with van der Waals surface area (Å²) in [6.07, 6.45) is 4.30. The summed E-state index contributed by atoms with van der Waals surface area (Å²) in [5.41, 5.74) is 6.39. The summed E-state index contributed by atoms with van der Waals surface area (Å²) in [7, 11) is 4.17. The van der Waals surface area contributed by atoms with E-state index >= 15 is 0 Å². The summed E-state index contributed by atoms with van der Waals surface area (Å²) in [4.78, 5) is 2.18. The molecule has 2 aliphatic heterocycles. The highest BCUT2D eigenvalue weighted by Gasteiger charge is 2.40. The van der Waals surface area contributed by atoms with Gasteiger partial charge in [-0.05, 0) is 45.7 Å². The second-order valence-corrected chi connectivity index (χ2v) is 5.82. The van der Waals surface area contributed by atoms with Gasteiger partial charge in [0.1, 0.15) is 0 Å². The second-order valence-electron chi connectivity index (χ2n) is 5.82. The molecule has 2 rings (SSSR count). The Bertz CT molecular complexity index is 234. The lowest BCUT2D eigenvalue weighted by Crippen LogP contribution is -2.50. The van der Waals surface area contributed by atoms with Crippen LogP contribution in [0.5, 0.6) is 0 Å². The highest BCUT2D eigenvalue weighted by Crippen LogP contribution is 2.37. The van der Waals surface area contributed by atoms with Crippen molar-refractivity contribution in [2.75, 3.05) is 40.5 Å². The van der Waals surface area contributed by atoms with Crippen LogP contribution in [0.4, 0.5) is 0 Å². The molecule has 0 aromatic carbocycles. The highest BCUT2D eigenvalue weighted by atomic mass is 16.5. The molecule has 0 radical (unpaired) electrons. The summed E-state index contributed by atoms with van der Waals surface area (Å²) in [6.45, 7) is 3.52. The number of hydrogen-bond donors (Lipinski definition) is 1. The number of nitrogens with two attached hydrogens (primary N) is 1. The van der Waals surface area contributed by atoms with Crippen molar-refractivity contribution in [3.8, 4) is 0 Å². The molecule has 2 fully saturated rings. The van der Waals surface area contributed by atoms with Crippen molar-refractivity contribution in [1.29, 1.82) is 0 Å². The van der Waals surface area contributed by atoms with Crippen molar-refractivity contribution >= 4 is 0 Å². The van der Waals surface area contributed by atoms with Gasteiger partial charge in [0.05, 0.1) is 5.60 Å². The SMILES string of the molecule is CN(C)CC(N)C1CCOC2(CCOCC2)C1. The lowest BCUT2D eigenvalue weighted by atomic mass is 9.78. The average molecular weight is 242 g/mol. The second kappa shape index (κ2) is 5.65. The Morgan fingerprint density at radius 3 is 2.65 bits per heavy atom. The van der Waals surface area contributed by atoms with Gasteiger partial charge in [0.2, 0.25) is 0 Å². The molecule has 2 N–H and O–H groups in total. The van der Waals surface area contributed by atoms with Gasteiger partial charge in [-0.2, -0.15) is 0 Å². The summed E-state index contributed by atoms with van der Waals surface area (Å²) in [6, 6.07) is 0.272. The predicted molar refractivity (Wildman–Crippen MR) is 68.0 cm³/mol. The fraction of sp³-hybridized carbons (Fsp3) is 1.00. The molecule has 2 saturated heterocycles. The van der Waals surface area contributed by atoms with Crippen LogP contribution in [0.25, 0.3) is 0 Å². The van der Waals surface area contributed by atoms with Crippen LogP contribution in [0.2, 0.25) is 0 Å². The van der Waals surface area contributed by atoms with Crippen molar-refractivity contribution in [2.24, 2.45) is 11.7 Å². The predicted octanol–water partition coefficient (Wildman–Crippen LogP) is 0.851. The fourth-order valence-electron chi connectivity index (χ4n) is 3.09. The van der Waals surface area contributed by atoms with E-state index in [-0.39, 0.29) is 11.6 Å². The summed E-state index contributed by atoms with van der Waals surface area (Å²) in [5.74, 6) is 0.601. The van der Waals surface area contributed by atoms with Crippen molar-refractivity contribution < 1.29 is 9.47 Å². The molecule has 100 valence electrons. The number of likely N-dealkylation sites (N-methyl/N-ethyl adjacent to an activating group) is 1. The van der Waals surface area contributed by atoms with Crippen LogP contribution in [0.1, 0.15) is 25.7 Å². The van der Waals surface area contributed by atoms with Gasteiger partial charge in [-0.1, -0.05) is 0 Å². The first-order valence-electron chi connectivity index (χ1n) is 6.73. The topological polar surface area (TPSA) is 47.7 Å². The van der Waals surface area contributed by atoms with Crippen molar-refractivity contribution in [1.82, 2.24) is 4.90 Å². The summed E-state index contributed by atoms with van der Waals surface area (Å²) in [5, 5.41) is 0. The molecule has 0 bridgehead atoms. The molecular weight excluding hydrogens is 216 g/mol. The van der Waals surface area contributed by atoms with Crippen molar-refractivity contribution in [3.05, 3.63) is 0 Å². The maximum absolute atomic E-state index is 6.31. The van der Waals surface area contributed by atoms with Gasteiger partial charge < -0.3 is 20.1 Å². The maximum Gasteiger partial charge on any atom is 0.0729 e. The third-order valence-electron chi connectivity index (χ3n) is 4.12. The van der Waals surface area contributed by atoms with Crippen LogP contribution in [0, 0.1) is 5.92 Å². The van der Waals surface area contributed by atoms with Gasteiger partial charge in [0.25, 0.3) is 0 Å². The Labute approximate surface area is 104 Å². The van der Waals surface area contributed by atoms with E-state index in [1.165, 1.54) is 0 Å². The van der Waals surface area contributed by atoms with Crippen LogP contribution in [0.3, 0.4) is 0 Å². The van der Waals surface area contributed by atoms with Gasteiger partial charge in [-0.25, -0.2) is 0 Å². The Hall–Kier alpha value is -0.160. The van der Waals surface area contributed by atoms with E-state index in [1.807, 2.05) is 0 Å². The lowest BCUT2D eigenvalue weighted by Gasteiger charge is -2.45. The van der Waals surface area contributed by atoms with Crippen molar-refractivity contribution in [2.45, 2.75) is 37.3 Å². The molecule has 2 unspecified atom stereocenters. The summed E-state index contributed by atoms with van der Waals surface area (Å²) >= 11 is 0. The summed E-state index contributed by atoms with van der Waals surface area (Å²) < 4.78 is 11.5. The van der Waals surface area contributed by atoms with Crippen molar-refractivity contribution in [3.63, 3.8) is 0 Å². The monoisotopic (exact) mass is 242 g/mol. The lowest BCUT2D eigenvalue weighted by molar-refractivity contribution is -0.149. The molecule has 1 spiro atoms. The molecule has 0 saturated carbocycles. The van der Waals surface area contributed by atoms with E-state index in [9.17, 15) is 0 Å². The maximum atomic E-state index is 6.31. The quantitative estimate of drug-likeness (QED) is 0.797. The highest BCUT2D eigenvalue weighted by molar-refractivity contribution is 4.92. The van der Waals surface area contributed by atoms with Crippen LogP contribution in [-0.4, -0.2) is 57.0 Å². The standard InChI is InChI=1S/C13H26N2O2/c1-15(2)10-12(14)11-3-6-17-13(9-11)4-7-16-8-5-13/h11-12H,3-10,14H2,1-2H3. The largest absolute Gasteiger partial charge is 0.381 e. The van der Waals surface area contributed by atoms with Crippen LogP contribution in [0.15, 0.2) is 0 Å². The fourth-order valence-corrected chi connectivity index (χ4v) is 3.09. The van der Waals surface area contributed by atoms with E-state index in [2.05, 4.69) is 19.0 Å². The Balaban J connectivity index is 1.91. The molecule has 2 atom stereocenters. The van der Waals surface area contributed by atoms with Crippen LogP contribution in [-0.2, 0) is 9.47 Å². The Morgan fingerprint density at radius 2 is 2.00 bits per heavy atom. The zero-order chi connectivity index (χ0) is 12.3. The Morgan fingerprint density at radius 1 is 1.29 bits per heavy atom. The van der Waals surface area contributed by atoms with Gasteiger partial charge in [0.15, 0.2) is 0 Å². The smallest absolute Gasteiger partial charge is 0.0729 e. The molecule has 2 heterocycles. The minimum Gasteiger partial charge on any atom is -0.381 e. The molecule has 4 nitrogen and oxygen atoms in total.